The van der Waals surface area contributed by atoms with Gasteiger partial charge in [0.1, 0.15) is 0 Å². The minimum Gasteiger partial charge on any atom is -0.103 e. The molecule has 0 aliphatic rings. The molecule has 0 unspecified atom stereocenters. The van der Waals surface area contributed by atoms with Gasteiger partial charge in [-0.1, -0.05) is 51.0 Å². The first-order valence-corrected chi connectivity index (χ1v) is 7.04. The van der Waals surface area contributed by atoms with Gasteiger partial charge < -0.3 is 0 Å². The normalized spacial score (nSPS) is 10.5. The molecule has 0 fully saturated rings. The number of hydrogen-bond donors (Lipinski definition) is 0. The van der Waals surface area contributed by atoms with Gasteiger partial charge in [-0.15, -0.1) is 6.58 Å². The minimum absolute atomic E-state index is 1.01. The molecule has 1 aromatic carbocycles. The van der Waals surface area contributed by atoms with Gasteiger partial charge in [-0.05, 0) is 48.8 Å². The second-order valence-electron chi connectivity index (χ2n) is 4.75. The van der Waals surface area contributed by atoms with Gasteiger partial charge in [0.15, 0.2) is 0 Å². The van der Waals surface area contributed by atoms with Gasteiger partial charge in [0.2, 0.25) is 0 Å². The van der Waals surface area contributed by atoms with E-state index in [0.29, 0.717) is 0 Å². The second-order valence-corrected chi connectivity index (χ2v) is 4.75. The average Bonchev–Trinajstić information content (AvgIpc) is 2.35. The van der Waals surface area contributed by atoms with Crippen LogP contribution in [0.5, 0.6) is 0 Å². The van der Waals surface area contributed by atoms with Gasteiger partial charge in [0, 0.05) is 0 Å². The molecule has 0 heterocycles. The van der Waals surface area contributed by atoms with Crippen LogP contribution in [0.25, 0.3) is 0 Å². The van der Waals surface area contributed by atoms with Crippen molar-refractivity contribution >= 4 is 0 Å². The van der Waals surface area contributed by atoms with Crippen LogP contribution in [0, 0.1) is 0 Å². The predicted octanol–water partition coefficient (Wildman–Crippen LogP) is 5.10. The Morgan fingerprint density at radius 3 is 2.29 bits per heavy atom. The number of benzene rings is 1. The summed E-state index contributed by atoms with van der Waals surface area (Å²) < 4.78 is 0. The van der Waals surface area contributed by atoms with Crippen molar-refractivity contribution in [3.05, 3.63) is 47.5 Å². The monoisotopic (exact) mass is 230 g/mol. The molecule has 0 aromatic heterocycles. The number of unbranched alkanes of at least 4 members (excludes halogenated alkanes) is 2. The predicted molar refractivity (Wildman–Crippen MR) is 77.6 cm³/mol. The molecule has 1 aromatic rings. The maximum Gasteiger partial charge on any atom is -0.00973 e. The molecular weight excluding hydrogens is 204 g/mol. The minimum atomic E-state index is 1.01. The van der Waals surface area contributed by atoms with E-state index in [9.17, 15) is 0 Å². The van der Waals surface area contributed by atoms with E-state index >= 15 is 0 Å². The summed E-state index contributed by atoms with van der Waals surface area (Å²) in [5, 5.41) is 0. The number of allylic oxidation sites excluding steroid dienone is 1. The van der Waals surface area contributed by atoms with Crippen LogP contribution in [0.2, 0.25) is 0 Å². The lowest BCUT2D eigenvalue weighted by Gasteiger charge is -2.13. The highest BCUT2D eigenvalue weighted by molar-refractivity contribution is 5.36. The van der Waals surface area contributed by atoms with Crippen molar-refractivity contribution in [2.75, 3.05) is 0 Å². The molecule has 0 nitrogen and oxygen atoms in total. The van der Waals surface area contributed by atoms with E-state index in [0.717, 1.165) is 6.42 Å². The summed E-state index contributed by atoms with van der Waals surface area (Å²) in [5.41, 5.74) is 4.66. The summed E-state index contributed by atoms with van der Waals surface area (Å²) in [6.45, 7) is 8.40. The van der Waals surface area contributed by atoms with Crippen molar-refractivity contribution in [3.63, 3.8) is 0 Å². The standard InChI is InChI=1S/C17H26/c1-4-7-11-16-13-9-12-15(10-6-3)17(16)14-8-5-2/h6,9,12-13H,3-5,7-8,10-11,14H2,1-2H3. The van der Waals surface area contributed by atoms with Crippen LogP contribution in [-0.4, -0.2) is 0 Å². The zero-order valence-corrected chi connectivity index (χ0v) is 11.5. The zero-order valence-electron chi connectivity index (χ0n) is 11.5. The third-order valence-electron chi connectivity index (χ3n) is 3.31. The molecule has 0 aliphatic carbocycles. The van der Waals surface area contributed by atoms with Crippen LogP contribution in [0.3, 0.4) is 0 Å². The highest BCUT2D eigenvalue weighted by Gasteiger charge is 2.06. The Morgan fingerprint density at radius 2 is 1.65 bits per heavy atom. The molecule has 94 valence electrons. The lowest BCUT2D eigenvalue weighted by molar-refractivity contribution is 0.753. The number of aryl methyl sites for hydroxylation is 1. The van der Waals surface area contributed by atoms with Crippen molar-refractivity contribution in [3.8, 4) is 0 Å². The van der Waals surface area contributed by atoms with E-state index in [2.05, 4.69) is 38.6 Å². The van der Waals surface area contributed by atoms with E-state index in [1.807, 2.05) is 6.08 Å². The first-order valence-electron chi connectivity index (χ1n) is 7.04. The smallest absolute Gasteiger partial charge is 0.00973 e. The highest BCUT2D eigenvalue weighted by atomic mass is 14.1. The second kappa shape index (κ2) is 8.11. The largest absolute Gasteiger partial charge is 0.103 e. The summed E-state index contributed by atoms with van der Waals surface area (Å²) in [6, 6.07) is 6.79. The molecule has 0 amide bonds. The summed E-state index contributed by atoms with van der Waals surface area (Å²) in [5.74, 6) is 0. The summed E-state index contributed by atoms with van der Waals surface area (Å²) >= 11 is 0. The maximum atomic E-state index is 3.87. The Kier molecular flexibility index (Phi) is 6.69. The van der Waals surface area contributed by atoms with Crippen LogP contribution in [0.15, 0.2) is 30.9 Å². The van der Waals surface area contributed by atoms with Gasteiger partial charge in [-0.25, -0.2) is 0 Å². The van der Waals surface area contributed by atoms with Gasteiger partial charge in [0.05, 0.1) is 0 Å². The molecule has 0 atom stereocenters. The van der Waals surface area contributed by atoms with Crippen LogP contribution < -0.4 is 0 Å². The molecule has 0 spiro atoms. The van der Waals surface area contributed by atoms with E-state index in [-0.39, 0.29) is 0 Å². The number of hydrogen-bond acceptors (Lipinski definition) is 0. The zero-order chi connectivity index (χ0) is 12.5. The SMILES string of the molecule is C=CCc1cccc(CCCC)c1CCCC. The van der Waals surface area contributed by atoms with Crippen molar-refractivity contribution < 1.29 is 0 Å². The van der Waals surface area contributed by atoms with Gasteiger partial charge in [-0.2, -0.15) is 0 Å². The fraction of sp³-hybridized carbons (Fsp3) is 0.529. The Bertz CT molecular complexity index is 336. The summed E-state index contributed by atoms with van der Waals surface area (Å²) in [6.07, 6.45) is 10.7. The highest BCUT2D eigenvalue weighted by Crippen LogP contribution is 2.20. The average molecular weight is 230 g/mol. The van der Waals surface area contributed by atoms with E-state index in [1.54, 1.807) is 11.1 Å². The quantitative estimate of drug-likeness (QED) is 0.545. The molecule has 1 rings (SSSR count). The van der Waals surface area contributed by atoms with Gasteiger partial charge in [-0.3, -0.25) is 0 Å². The lowest BCUT2D eigenvalue weighted by atomic mass is 9.92. The van der Waals surface area contributed by atoms with Gasteiger partial charge >= 0.3 is 0 Å². The first kappa shape index (κ1) is 14.0. The van der Waals surface area contributed by atoms with Crippen molar-refractivity contribution in [1.29, 1.82) is 0 Å². The van der Waals surface area contributed by atoms with Gasteiger partial charge in [0.25, 0.3) is 0 Å². The lowest BCUT2D eigenvalue weighted by Crippen LogP contribution is -2.00. The first-order chi connectivity index (χ1) is 8.33. The topological polar surface area (TPSA) is 0 Å². The Balaban J connectivity index is 2.91. The van der Waals surface area contributed by atoms with Crippen molar-refractivity contribution in [2.24, 2.45) is 0 Å². The van der Waals surface area contributed by atoms with E-state index in [4.69, 9.17) is 0 Å². The number of rotatable bonds is 8. The Morgan fingerprint density at radius 1 is 1.00 bits per heavy atom. The van der Waals surface area contributed by atoms with Crippen LogP contribution in [0.4, 0.5) is 0 Å². The Labute approximate surface area is 107 Å². The third-order valence-corrected chi connectivity index (χ3v) is 3.31. The molecule has 0 saturated heterocycles. The fourth-order valence-electron chi connectivity index (χ4n) is 2.31. The molecule has 0 radical (unpaired) electrons. The fourth-order valence-corrected chi connectivity index (χ4v) is 2.31. The molecule has 0 aliphatic heterocycles. The van der Waals surface area contributed by atoms with Crippen molar-refractivity contribution in [2.45, 2.75) is 58.8 Å². The van der Waals surface area contributed by atoms with E-state index < -0.39 is 0 Å². The van der Waals surface area contributed by atoms with Crippen LogP contribution >= 0.6 is 0 Å². The maximum absolute atomic E-state index is 3.87. The van der Waals surface area contributed by atoms with E-state index in [1.165, 1.54) is 44.1 Å². The molecule has 0 bridgehead atoms. The summed E-state index contributed by atoms with van der Waals surface area (Å²) in [4.78, 5) is 0. The molecule has 0 saturated carbocycles. The third kappa shape index (κ3) is 4.38. The molecule has 0 N–H and O–H groups in total. The molecular formula is C17H26. The van der Waals surface area contributed by atoms with Crippen molar-refractivity contribution in [1.82, 2.24) is 0 Å². The van der Waals surface area contributed by atoms with Crippen LogP contribution in [-0.2, 0) is 19.3 Å². The molecule has 17 heavy (non-hydrogen) atoms. The Hall–Kier alpha value is -1.04. The molecule has 0 heteroatoms. The summed E-state index contributed by atoms with van der Waals surface area (Å²) in [7, 11) is 0. The van der Waals surface area contributed by atoms with Crippen LogP contribution in [0.1, 0.15) is 56.2 Å².